The number of rotatable bonds is 11. The van der Waals surface area contributed by atoms with Gasteiger partial charge in [0.25, 0.3) is 5.88 Å². The zero-order chi connectivity index (χ0) is 22.3. The van der Waals surface area contributed by atoms with Crippen LogP contribution in [-0.2, 0) is 21.2 Å². The Morgan fingerprint density at radius 1 is 1.10 bits per heavy atom. The van der Waals surface area contributed by atoms with Gasteiger partial charge in [-0.1, -0.05) is 30.3 Å². The quantitative estimate of drug-likeness (QED) is 0.449. The fourth-order valence-corrected chi connectivity index (χ4v) is 3.88. The third-order valence-corrected chi connectivity index (χ3v) is 5.70. The molecule has 0 radical (unpaired) electrons. The van der Waals surface area contributed by atoms with Crippen molar-refractivity contribution in [2.75, 3.05) is 20.4 Å². The molecule has 166 valence electrons. The molecule has 0 spiro atoms. The number of methoxy groups -OCH3 is 1. The van der Waals surface area contributed by atoms with Gasteiger partial charge in [0.15, 0.2) is 12.6 Å². The van der Waals surface area contributed by atoms with Gasteiger partial charge in [-0.2, -0.15) is 0 Å². The largest absolute Gasteiger partial charge is 0.491 e. The van der Waals surface area contributed by atoms with E-state index in [1.54, 1.807) is 24.3 Å². The zero-order valence-corrected chi connectivity index (χ0v) is 18.5. The van der Waals surface area contributed by atoms with Crippen LogP contribution in [0.5, 0.6) is 11.6 Å². The van der Waals surface area contributed by atoms with Gasteiger partial charge in [-0.05, 0) is 43.1 Å². The van der Waals surface area contributed by atoms with Gasteiger partial charge in [-0.15, -0.1) is 0 Å². The molecule has 0 aliphatic carbocycles. The average Bonchev–Trinajstić information content (AvgIpc) is 3.21. The van der Waals surface area contributed by atoms with Crippen molar-refractivity contribution in [3.63, 3.8) is 0 Å². The molecule has 0 saturated carbocycles. The van der Waals surface area contributed by atoms with Crippen molar-refractivity contribution >= 4 is 10.0 Å². The first-order valence-corrected chi connectivity index (χ1v) is 11.3. The maximum atomic E-state index is 12.6. The van der Waals surface area contributed by atoms with Crippen molar-refractivity contribution in [2.45, 2.75) is 31.3 Å². The number of ether oxygens (including phenoxy) is 3. The summed E-state index contributed by atoms with van der Waals surface area (Å²) in [6, 6.07) is 15.8. The topological polar surface area (TPSA) is 99.9 Å². The average molecular weight is 447 g/mol. The van der Waals surface area contributed by atoms with Crippen LogP contribution in [-0.4, -0.2) is 40.1 Å². The molecule has 0 fully saturated rings. The standard InChI is InChI=1S/C22H26N2O6S/c1-16(2)29-19-5-4-6-20(13-19)31(25,26)23-12-11-17-7-9-18(10-8-17)21-14-22(24-30-21)28-15-27-3/h4-10,13-14,16,23H,11-12,15H2,1-3H3. The summed E-state index contributed by atoms with van der Waals surface area (Å²) < 4.78 is 48.7. The van der Waals surface area contributed by atoms with Gasteiger partial charge in [0, 0.05) is 31.4 Å². The van der Waals surface area contributed by atoms with Crippen LogP contribution in [0.4, 0.5) is 0 Å². The van der Waals surface area contributed by atoms with E-state index in [-0.39, 0.29) is 24.3 Å². The number of hydrogen-bond acceptors (Lipinski definition) is 7. The van der Waals surface area contributed by atoms with E-state index in [2.05, 4.69) is 9.88 Å². The molecular weight excluding hydrogens is 420 g/mol. The van der Waals surface area contributed by atoms with Crippen LogP contribution in [0.25, 0.3) is 11.3 Å². The second-order valence-corrected chi connectivity index (χ2v) is 8.83. The van der Waals surface area contributed by atoms with Gasteiger partial charge in [0.05, 0.1) is 11.0 Å². The highest BCUT2D eigenvalue weighted by molar-refractivity contribution is 7.89. The molecule has 0 aliphatic rings. The smallest absolute Gasteiger partial charge is 0.256 e. The number of sulfonamides is 1. The summed E-state index contributed by atoms with van der Waals surface area (Å²) in [4.78, 5) is 0.179. The lowest BCUT2D eigenvalue weighted by Crippen LogP contribution is -2.26. The molecule has 0 bridgehead atoms. The van der Waals surface area contributed by atoms with E-state index >= 15 is 0 Å². The molecule has 1 aromatic heterocycles. The van der Waals surface area contributed by atoms with Crippen LogP contribution in [0.15, 0.2) is 64.0 Å². The van der Waals surface area contributed by atoms with E-state index in [0.29, 0.717) is 23.8 Å². The third-order valence-electron chi connectivity index (χ3n) is 4.24. The highest BCUT2D eigenvalue weighted by atomic mass is 32.2. The first-order valence-electron chi connectivity index (χ1n) is 9.81. The Kier molecular flexibility index (Phi) is 7.67. The molecular formula is C22H26N2O6S. The van der Waals surface area contributed by atoms with Gasteiger partial charge in [0.2, 0.25) is 10.0 Å². The summed E-state index contributed by atoms with van der Waals surface area (Å²) in [7, 11) is -2.10. The lowest BCUT2D eigenvalue weighted by atomic mass is 10.1. The van der Waals surface area contributed by atoms with Crippen molar-refractivity contribution in [1.82, 2.24) is 9.88 Å². The first-order chi connectivity index (χ1) is 14.9. The van der Waals surface area contributed by atoms with E-state index < -0.39 is 10.0 Å². The second kappa shape index (κ2) is 10.4. The molecule has 0 amide bonds. The molecule has 8 nitrogen and oxygen atoms in total. The first kappa shape index (κ1) is 22.8. The van der Waals surface area contributed by atoms with E-state index in [1.165, 1.54) is 13.2 Å². The van der Waals surface area contributed by atoms with Crippen molar-refractivity contribution in [3.8, 4) is 23.0 Å². The molecule has 3 aromatic rings. The van der Waals surface area contributed by atoms with Crippen LogP contribution in [0.1, 0.15) is 19.4 Å². The van der Waals surface area contributed by atoms with E-state index in [0.717, 1.165) is 11.1 Å². The van der Waals surface area contributed by atoms with Crippen molar-refractivity contribution in [3.05, 3.63) is 60.2 Å². The number of nitrogens with one attached hydrogen (secondary N) is 1. The summed E-state index contributed by atoms with van der Waals surface area (Å²) >= 11 is 0. The number of nitrogens with zero attached hydrogens (tertiary/aromatic N) is 1. The normalized spacial score (nSPS) is 11.6. The maximum Gasteiger partial charge on any atom is 0.256 e. The summed E-state index contributed by atoms with van der Waals surface area (Å²) in [5, 5.41) is 3.82. The molecule has 0 saturated heterocycles. The Bertz CT molecular complexity index is 1080. The Balaban J connectivity index is 1.56. The molecule has 0 atom stereocenters. The minimum atomic E-state index is -3.62. The fourth-order valence-electron chi connectivity index (χ4n) is 2.82. The Morgan fingerprint density at radius 2 is 1.87 bits per heavy atom. The van der Waals surface area contributed by atoms with Crippen molar-refractivity contribution in [1.29, 1.82) is 0 Å². The Hall–Kier alpha value is -2.88. The minimum Gasteiger partial charge on any atom is -0.491 e. The molecule has 0 aliphatic heterocycles. The summed E-state index contributed by atoms with van der Waals surface area (Å²) in [6.07, 6.45) is 0.510. The highest BCUT2D eigenvalue weighted by Crippen LogP contribution is 2.24. The van der Waals surface area contributed by atoms with Crippen molar-refractivity contribution in [2.24, 2.45) is 0 Å². The predicted octanol–water partition coefficient (Wildman–Crippen LogP) is 3.63. The summed E-state index contributed by atoms with van der Waals surface area (Å²) in [5.41, 5.74) is 1.82. The van der Waals surface area contributed by atoms with Crippen LogP contribution < -0.4 is 14.2 Å². The zero-order valence-electron chi connectivity index (χ0n) is 17.7. The molecule has 3 rings (SSSR count). The van der Waals surface area contributed by atoms with Crippen LogP contribution >= 0.6 is 0 Å². The third kappa shape index (κ3) is 6.55. The minimum absolute atomic E-state index is 0.0321. The predicted molar refractivity (Wildman–Crippen MR) is 116 cm³/mol. The monoisotopic (exact) mass is 446 g/mol. The van der Waals surface area contributed by atoms with Crippen molar-refractivity contribution < 1.29 is 27.2 Å². The van der Waals surface area contributed by atoms with E-state index in [4.69, 9.17) is 18.7 Å². The molecule has 9 heteroatoms. The van der Waals surface area contributed by atoms with Gasteiger partial charge in [-0.3, -0.25) is 0 Å². The van der Waals surface area contributed by atoms with Gasteiger partial charge < -0.3 is 18.7 Å². The molecule has 2 aromatic carbocycles. The van der Waals surface area contributed by atoms with E-state index in [1.807, 2.05) is 38.1 Å². The Labute approximate surface area is 182 Å². The van der Waals surface area contributed by atoms with E-state index in [9.17, 15) is 8.42 Å². The second-order valence-electron chi connectivity index (χ2n) is 7.07. The SMILES string of the molecule is COCOc1cc(-c2ccc(CCNS(=O)(=O)c3cccc(OC(C)C)c3)cc2)on1. The van der Waals surface area contributed by atoms with Gasteiger partial charge >= 0.3 is 0 Å². The number of aromatic nitrogens is 1. The molecule has 0 unspecified atom stereocenters. The molecule has 1 N–H and O–H groups in total. The summed E-state index contributed by atoms with van der Waals surface area (Å²) in [6.45, 7) is 4.15. The molecule has 1 heterocycles. The van der Waals surface area contributed by atoms with Crippen LogP contribution in [0, 0.1) is 0 Å². The fraction of sp³-hybridized carbons (Fsp3) is 0.318. The van der Waals surface area contributed by atoms with Crippen LogP contribution in [0.2, 0.25) is 0 Å². The highest BCUT2D eigenvalue weighted by Gasteiger charge is 2.15. The van der Waals surface area contributed by atoms with Crippen LogP contribution in [0.3, 0.4) is 0 Å². The number of hydrogen-bond donors (Lipinski definition) is 1. The number of benzene rings is 2. The van der Waals surface area contributed by atoms with Gasteiger partial charge in [-0.25, -0.2) is 13.1 Å². The molecule has 31 heavy (non-hydrogen) atoms. The van der Waals surface area contributed by atoms with Gasteiger partial charge in [0.1, 0.15) is 5.75 Å². The summed E-state index contributed by atoms with van der Waals surface area (Å²) in [5.74, 6) is 1.44. The lowest BCUT2D eigenvalue weighted by molar-refractivity contribution is 0.0453. The lowest BCUT2D eigenvalue weighted by Gasteiger charge is -2.12. The Morgan fingerprint density at radius 3 is 2.58 bits per heavy atom. The maximum absolute atomic E-state index is 12.6.